The van der Waals surface area contributed by atoms with Crippen LogP contribution < -0.4 is 8.61 Å². The van der Waals surface area contributed by atoms with Crippen LogP contribution in [0.5, 0.6) is 5.75 Å². The molecule has 2 N–H and O–H groups in total. The van der Waals surface area contributed by atoms with Gasteiger partial charge in [0.25, 0.3) is 0 Å². The Morgan fingerprint density at radius 1 is 0.812 bits per heavy atom. The number of fused-ring (bicyclic) bond motifs is 1. The van der Waals surface area contributed by atoms with Gasteiger partial charge in [-0.15, -0.1) is 0 Å². The van der Waals surface area contributed by atoms with Crippen LogP contribution in [0, 0.1) is 0 Å². The van der Waals surface area contributed by atoms with Gasteiger partial charge in [0, 0.05) is 17.6 Å². The zero-order valence-electron chi connectivity index (χ0n) is 16.9. The van der Waals surface area contributed by atoms with Gasteiger partial charge in [0.05, 0.1) is 29.8 Å². The molecule has 0 fully saturated rings. The van der Waals surface area contributed by atoms with Crippen molar-refractivity contribution in [3.05, 3.63) is 60.9 Å². The molecular weight excluding hydrogens is 456 g/mol. The average Bonchev–Trinajstić information content (AvgIpc) is 3.17. The number of nitrogens with zero attached hydrogens (tertiary/aromatic N) is 5. The van der Waals surface area contributed by atoms with E-state index >= 15 is 0 Å². The largest absolute Gasteiger partial charge is 0.508 e. The number of aromatic hydroxyl groups is 1. The Kier molecular flexibility index (Phi) is 5.22. The van der Waals surface area contributed by atoms with Crippen LogP contribution in [0.1, 0.15) is 0 Å². The third-order valence-corrected chi connectivity index (χ3v) is 7.66. The van der Waals surface area contributed by atoms with Gasteiger partial charge in [-0.25, -0.2) is 21.8 Å². The van der Waals surface area contributed by atoms with E-state index in [2.05, 4.69) is 20.2 Å². The van der Waals surface area contributed by atoms with Crippen molar-refractivity contribution in [3.8, 4) is 5.75 Å². The summed E-state index contributed by atoms with van der Waals surface area (Å²) in [4.78, 5) is 10.5. The van der Waals surface area contributed by atoms with Crippen LogP contribution in [0.25, 0.3) is 11.0 Å². The van der Waals surface area contributed by atoms with Crippen LogP contribution in [0.15, 0.2) is 60.9 Å². The number of anilines is 4. The molecule has 0 saturated carbocycles. The number of phenols is 1. The van der Waals surface area contributed by atoms with Crippen LogP contribution >= 0.6 is 0 Å². The van der Waals surface area contributed by atoms with E-state index in [1.165, 1.54) is 24.3 Å². The second kappa shape index (κ2) is 7.76. The van der Waals surface area contributed by atoms with Crippen molar-refractivity contribution >= 4 is 54.1 Å². The summed E-state index contributed by atoms with van der Waals surface area (Å²) in [5.41, 5.74) is 1.61. The van der Waals surface area contributed by atoms with E-state index in [0.717, 1.165) is 12.5 Å². The zero-order valence-corrected chi connectivity index (χ0v) is 18.5. The average molecular weight is 475 g/mol. The highest BCUT2D eigenvalue weighted by atomic mass is 32.3. The third-order valence-electron chi connectivity index (χ3n) is 4.41. The molecule has 0 aliphatic rings. The molecule has 0 radical (unpaired) electrons. The standard InChI is InChI=1S/C19H18N6O5S2/c1-31(27,28)25(32(2,29)30)16-5-3-14(4-6-16)24(15-7-9-17(26)10-8-15)19-20-11-13-12-21-23-18(13)22-19/h3-12,26H,1-2H3,(H,20,21,22,23). The van der Waals surface area contributed by atoms with Gasteiger partial charge in [0.1, 0.15) is 5.75 Å². The molecule has 0 spiro atoms. The minimum atomic E-state index is -4.07. The molecule has 0 amide bonds. The Labute approximate surface area is 184 Å². The van der Waals surface area contributed by atoms with Gasteiger partial charge < -0.3 is 5.11 Å². The second-order valence-electron chi connectivity index (χ2n) is 6.94. The molecule has 4 aromatic rings. The summed E-state index contributed by atoms with van der Waals surface area (Å²) in [5.74, 6) is 0.356. The first kappa shape index (κ1) is 21.5. The van der Waals surface area contributed by atoms with Gasteiger partial charge in [-0.3, -0.25) is 10.00 Å². The number of rotatable bonds is 6. The number of sulfonamides is 2. The molecule has 166 valence electrons. The summed E-state index contributed by atoms with van der Waals surface area (Å²) in [7, 11) is -8.14. The molecule has 0 aliphatic heterocycles. The summed E-state index contributed by atoms with van der Waals surface area (Å²) >= 11 is 0. The molecule has 0 bridgehead atoms. The normalized spacial score (nSPS) is 12.1. The number of benzene rings is 2. The minimum Gasteiger partial charge on any atom is -0.508 e. The van der Waals surface area contributed by atoms with Crippen LogP contribution in [0.4, 0.5) is 23.0 Å². The summed E-state index contributed by atoms with van der Waals surface area (Å²) in [6, 6.07) is 12.2. The van der Waals surface area contributed by atoms with E-state index in [0.29, 0.717) is 26.1 Å². The Morgan fingerprint density at radius 2 is 1.34 bits per heavy atom. The predicted octanol–water partition coefficient (Wildman–Crippen LogP) is 2.25. The maximum Gasteiger partial charge on any atom is 0.245 e. The second-order valence-corrected chi connectivity index (χ2v) is 10.8. The van der Waals surface area contributed by atoms with E-state index in [4.69, 9.17) is 0 Å². The van der Waals surface area contributed by atoms with Crippen molar-refractivity contribution in [2.24, 2.45) is 0 Å². The van der Waals surface area contributed by atoms with Crippen molar-refractivity contribution in [1.29, 1.82) is 0 Å². The minimum absolute atomic E-state index is 0.0330. The Balaban J connectivity index is 1.84. The van der Waals surface area contributed by atoms with E-state index in [1.807, 2.05) is 0 Å². The number of hydrogen-bond acceptors (Lipinski definition) is 9. The molecule has 2 aromatic carbocycles. The predicted molar refractivity (Wildman–Crippen MR) is 120 cm³/mol. The molecule has 32 heavy (non-hydrogen) atoms. The lowest BCUT2D eigenvalue weighted by atomic mass is 10.2. The highest BCUT2D eigenvalue weighted by Crippen LogP contribution is 2.35. The summed E-state index contributed by atoms with van der Waals surface area (Å²) in [5, 5.41) is 17.1. The maximum atomic E-state index is 12.1. The number of aromatic amines is 1. The maximum absolute atomic E-state index is 12.1. The van der Waals surface area contributed by atoms with E-state index < -0.39 is 20.0 Å². The van der Waals surface area contributed by atoms with Crippen LogP contribution in [0.2, 0.25) is 0 Å². The smallest absolute Gasteiger partial charge is 0.245 e. The number of H-pyrrole nitrogens is 1. The summed E-state index contributed by atoms with van der Waals surface area (Å²) in [6.45, 7) is 0. The van der Waals surface area contributed by atoms with Crippen LogP contribution in [0.3, 0.4) is 0 Å². The molecule has 4 rings (SSSR count). The molecule has 0 saturated heterocycles. The lowest BCUT2D eigenvalue weighted by Crippen LogP contribution is -2.35. The molecule has 13 heteroatoms. The molecule has 0 unspecified atom stereocenters. The number of hydrogen-bond donors (Lipinski definition) is 2. The molecule has 2 aromatic heterocycles. The quantitative estimate of drug-likeness (QED) is 0.429. The highest BCUT2D eigenvalue weighted by molar-refractivity contribution is 8.09. The highest BCUT2D eigenvalue weighted by Gasteiger charge is 2.27. The molecule has 11 nitrogen and oxygen atoms in total. The molecular formula is C19H18N6O5S2. The lowest BCUT2D eigenvalue weighted by Gasteiger charge is -2.24. The van der Waals surface area contributed by atoms with E-state index in [1.54, 1.807) is 41.6 Å². The third kappa shape index (κ3) is 4.20. The molecule has 2 heterocycles. The first-order valence-corrected chi connectivity index (χ1v) is 12.8. The van der Waals surface area contributed by atoms with Gasteiger partial charge in [-0.1, -0.05) is 0 Å². The number of aromatic nitrogens is 4. The fraction of sp³-hybridized carbons (Fsp3) is 0.105. The Morgan fingerprint density at radius 3 is 1.91 bits per heavy atom. The van der Waals surface area contributed by atoms with Crippen molar-refractivity contribution < 1.29 is 21.9 Å². The first-order chi connectivity index (χ1) is 15.0. The van der Waals surface area contributed by atoms with Gasteiger partial charge >= 0.3 is 0 Å². The van der Waals surface area contributed by atoms with Crippen molar-refractivity contribution in [3.63, 3.8) is 0 Å². The fourth-order valence-electron chi connectivity index (χ4n) is 3.17. The number of nitrogens with one attached hydrogen (secondary N) is 1. The molecule has 0 aliphatic carbocycles. The van der Waals surface area contributed by atoms with E-state index in [-0.39, 0.29) is 17.4 Å². The Bertz CT molecular complexity index is 1450. The van der Waals surface area contributed by atoms with Gasteiger partial charge in [-0.2, -0.15) is 13.8 Å². The summed E-state index contributed by atoms with van der Waals surface area (Å²) < 4.78 is 48.6. The molecule has 0 atom stereocenters. The fourth-order valence-corrected chi connectivity index (χ4v) is 6.15. The van der Waals surface area contributed by atoms with Gasteiger partial charge in [0.15, 0.2) is 5.65 Å². The van der Waals surface area contributed by atoms with Gasteiger partial charge in [0.2, 0.25) is 26.0 Å². The zero-order chi connectivity index (χ0) is 23.1. The lowest BCUT2D eigenvalue weighted by molar-refractivity contribution is 0.475. The topological polar surface area (TPSA) is 149 Å². The van der Waals surface area contributed by atoms with Crippen molar-refractivity contribution in [1.82, 2.24) is 20.2 Å². The SMILES string of the molecule is CS(=O)(=O)N(c1ccc(N(c2ccc(O)cc2)c2ncc3cn[nH]c3n2)cc1)S(C)(=O)=O. The van der Waals surface area contributed by atoms with Crippen LogP contribution in [-0.2, 0) is 20.0 Å². The first-order valence-electron chi connectivity index (χ1n) is 9.10. The Hall–Kier alpha value is -3.71. The van der Waals surface area contributed by atoms with Gasteiger partial charge in [-0.05, 0) is 48.5 Å². The number of phenolic OH excluding ortho intramolecular Hbond substituents is 1. The van der Waals surface area contributed by atoms with Crippen molar-refractivity contribution in [2.75, 3.05) is 21.1 Å². The van der Waals surface area contributed by atoms with Crippen LogP contribution in [-0.4, -0.2) is 54.6 Å². The summed E-state index contributed by atoms with van der Waals surface area (Å²) in [6.07, 6.45) is 4.82. The van der Waals surface area contributed by atoms with Crippen molar-refractivity contribution in [2.45, 2.75) is 0 Å². The van der Waals surface area contributed by atoms with E-state index in [9.17, 15) is 21.9 Å². The monoisotopic (exact) mass is 474 g/mol.